The molecule has 0 unspecified atom stereocenters. The van der Waals surface area contributed by atoms with E-state index < -0.39 is 0 Å². The quantitative estimate of drug-likeness (QED) is 0.0805. The van der Waals surface area contributed by atoms with Crippen LogP contribution in [0.1, 0.15) is 40.6 Å². The van der Waals surface area contributed by atoms with E-state index in [9.17, 15) is 4.79 Å². The molecule has 7 rings (SSSR count). The molecule has 16 heteroatoms. The number of H-pyrrole nitrogens is 2. The normalized spacial score (nSPS) is 12.9. The third kappa shape index (κ3) is 12.8. The summed E-state index contributed by atoms with van der Waals surface area (Å²) in [7, 11) is 3.20. The molecule has 0 saturated carbocycles. The van der Waals surface area contributed by atoms with E-state index in [0.717, 1.165) is 41.4 Å². The number of hydrogen-bond donors (Lipinski definition) is 5. The Hall–Kier alpha value is -6.91. The number of carbonyl (C=O) groups excluding carboxylic acids is 1. The second-order valence-corrected chi connectivity index (χ2v) is 12.9. The molecule has 5 heterocycles. The van der Waals surface area contributed by atoms with Crippen LogP contribution in [0.2, 0.25) is 0 Å². The Morgan fingerprint density at radius 2 is 1.33 bits per heavy atom. The van der Waals surface area contributed by atoms with Crippen molar-refractivity contribution in [2.24, 2.45) is 0 Å². The molecule has 0 radical (unpaired) electrons. The molecule has 2 aromatic carbocycles. The molecule has 6 aromatic rings. The second kappa shape index (κ2) is 20.1. The maximum atomic E-state index is 12.6. The molecule has 16 nitrogen and oxygen atoms in total. The Morgan fingerprint density at radius 3 is 1.98 bits per heavy atom. The van der Waals surface area contributed by atoms with Crippen molar-refractivity contribution < 1.29 is 19.0 Å². The number of benzene rings is 2. The molecule has 1 amide bonds. The molecule has 5 N–H and O–H groups in total. The highest BCUT2D eigenvalue weighted by Crippen LogP contribution is 2.24. The third-order valence-electron chi connectivity index (χ3n) is 8.39. The van der Waals surface area contributed by atoms with Crippen molar-refractivity contribution >= 4 is 59.3 Å². The Labute approximate surface area is 330 Å². The zero-order valence-electron chi connectivity index (χ0n) is 32.3. The first-order valence-corrected chi connectivity index (χ1v) is 18.3. The van der Waals surface area contributed by atoms with Crippen molar-refractivity contribution in [1.82, 2.24) is 45.2 Å². The van der Waals surface area contributed by atoms with Crippen molar-refractivity contribution in [1.29, 1.82) is 0 Å². The van der Waals surface area contributed by atoms with Crippen LogP contribution in [0.5, 0.6) is 11.5 Å². The number of amides is 1. The van der Waals surface area contributed by atoms with Gasteiger partial charge in [0.05, 0.1) is 27.4 Å². The average Bonchev–Trinajstić information content (AvgIpc) is 3.85. The summed E-state index contributed by atoms with van der Waals surface area (Å²) in [5.74, 6) is 5.26. The van der Waals surface area contributed by atoms with E-state index in [1.165, 1.54) is 0 Å². The summed E-state index contributed by atoms with van der Waals surface area (Å²) in [5, 5.41) is 23.3. The topological polar surface area (TPSA) is 193 Å². The fraction of sp³-hybridized carbons (Fsp3) is 0.244. The number of anilines is 5. The molecule has 0 spiro atoms. The molecule has 0 atom stereocenters. The van der Waals surface area contributed by atoms with E-state index in [1.54, 1.807) is 38.6 Å². The van der Waals surface area contributed by atoms with Gasteiger partial charge in [-0.25, -0.2) is 19.9 Å². The number of carbonyl (C=O) groups is 1. The van der Waals surface area contributed by atoms with Crippen LogP contribution < -0.4 is 25.4 Å². The van der Waals surface area contributed by atoms with Crippen LogP contribution in [-0.4, -0.2) is 98.2 Å². The molecule has 1 fully saturated rings. The van der Waals surface area contributed by atoms with Gasteiger partial charge in [-0.05, 0) is 55.3 Å². The first-order chi connectivity index (χ1) is 27.8. The average molecular weight is 771 g/mol. The molecule has 4 aromatic heterocycles. The smallest absolute Gasteiger partial charge is 0.226 e. The van der Waals surface area contributed by atoms with Crippen molar-refractivity contribution in [3.8, 4) is 11.5 Å². The predicted molar refractivity (Wildman–Crippen MR) is 222 cm³/mol. The van der Waals surface area contributed by atoms with E-state index in [0.29, 0.717) is 72.6 Å². The number of aromatic nitrogens is 8. The molecule has 1 aliphatic heterocycles. The molecule has 1 saturated heterocycles. The molecular weight excluding hydrogens is 725 g/mol. The molecular formula is C41H46N12O4. The van der Waals surface area contributed by atoms with Gasteiger partial charge in [0.25, 0.3) is 0 Å². The van der Waals surface area contributed by atoms with E-state index in [2.05, 4.69) is 61.2 Å². The zero-order valence-corrected chi connectivity index (χ0v) is 32.3. The van der Waals surface area contributed by atoms with Gasteiger partial charge in [-0.15, -0.1) is 0 Å². The summed E-state index contributed by atoms with van der Waals surface area (Å²) in [6.45, 7) is 7.60. The predicted octanol–water partition coefficient (Wildman–Crippen LogP) is 6.52. The highest BCUT2D eigenvalue weighted by molar-refractivity contribution is 5.90. The lowest BCUT2D eigenvalue weighted by Gasteiger charge is -2.26. The minimum atomic E-state index is -0.116. The minimum absolute atomic E-state index is 0.116. The van der Waals surface area contributed by atoms with E-state index in [-0.39, 0.29) is 5.91 Å². The van der Waals surface area contributed by atoms with Crippen LogP contribution in [0, 0.1) is 13.8 Å². The first kappa shape index (κ1) is 39.8. The van der Waals surface area contributed by atoms with Gasteiger partial charge in [0.2, 0.25) is 5.91 Å². The summed E-state index contributed by atoms with van der Waals surface area (Å²) in [4.78, 5) is 32.6. The van der Waals surface area contributed by atoms with Crippen LogP contribution >= 0.6 is 0 Å². The van der Waals surface area contributed by atoms with Crippen molar-refractivity contribution in [2.75, 3.05) is 63.0 Å². The molecule has 294 valence electrons. The highest BCUT2D eigenvalue weighted by atomic mass is 16.5. The maximum Gasteiger partial charge on any atom is 0.226 e. The first-order valence-electron chi connectivity index (χ1n) is 18.3. The van der Waals surface area contributed by atoms with Gasteiger partial charge in [-0.1, -0.05) is 42.5 Å². The molecule has 0 aliphatic carbocycles. The van der Waals surface area contributed by atoms with Crippen LogP contribution in [-0.2, 0) is 9.53 Å². The monoisotopic (exact) mass is 770 g/mol. The second-order valence-electron chi connectivity index (χ2n) is 12.9. The Morgan fingerprint density at radius 1 is 0.719 bits per heavy atom. The van der Waals surface area contributed by atoms with Gasteiger partial charge < -0.3 is 30.2 Å². The number of nitrogens with one attached hydrogen (secondary N) is 5. The lowest BCUT2D eigenvalue weighted by atomic mass is 10.2. The Balaban J connectivity index is 0.000000221. The van der Waals surface area contributed by atoms with E-state index >= 15 is 0 Å². The van der Waals surface area contributed by atoms with Gasteiger partial charge in [-0.3, -0.25) is 19.9 Å². The van der Waals surface area contributed by atoms with Gasteiger partial charge in [0.1, 0.15) is 29.0 Å². The number of ether oxygens (including phenoxy) is 3. The van der Waals surface area contributed by atoms with Gasteiger partial charge in [0, 0.05) is 67.9 Å². The number of aryl methyl sites for hydroxylation is 2. The fourth-order valence-electron chi connectivity index (χ4n) is 5.54. The number of hydrogen-bond acceptors (Lipinski definition) is 13. The van der Waals surface area contributed by atoms with Crippen LogP contribution in [0.3, 0.4) is 0 Å². The van der Waals surface area contributed by atoms with Crippen molar-refractivity contribution in [3.63, 3.8) is 0 Å². The highest BCUT2D eigenvalue weighted by Gasteiger charge is 2.14. The lowest BCUT2D eigenvalue weighted by Crippen LogP contribution is -2.38. The van der Waals surface area contributed by atoms with Gasteiger partial charge in [-0.2, -0.15) is 10.2 Å². The number of rotatable bonds is 14. The van der Waals surface area contributed by atoms with Crippen molar-refractivity contribution in [3.05, 3.63) is 113 Å². The Bertz CT molecular complexity index is 2240. The van der Waals surface area contributed by atoms with Crippen LogP contribution in [0.15, 0.2) is 79.0 Å². The number of nitrogens with zero attached hydrogens (tertiary/aromatic N) is 7. The summed E-state index contributed by atoms with van der Waals surface area (Å²) < 4.78 is 16.1. The number of methoxy groups -OCH3 is 2. The van der Waals surface area contributed by atoms with E-state index in [1.807, 2.05) is 92.7 Å². The van der Waals surface area contributed by atoms with E-state index in [4.69, 9.17) is 14.2 Å². The summed E-state index contributed by atoms with van der Waals surface area (Å²) in [6, 6.07) is 22.9. The van der Waals surface area contributed by atoms with Crippen molar-refractivity contribution in [2.45, 2.75) is 20.3 Å². The van der Waals surface area contributed by atoms with Crippen LogP contribution in [0.4, 0.5) is 29.1 Å². The molecule has 1 aliphatic rings. The standard InChI is InChI=1S/C25H31N7O4.C16H15N5/c1-17-12-24(31-30-17)28-22-16-23(29-25(33)6-7-32-8-10-36-11-9-32)27-21(26-22)5-4-18-13-19(34-2)15-20(14-18)35-3;1-12-11-16(21-20-12)19-15-9-10-17-14(18-15)8-7-13-5-3-2-4-6-13/h4-5,12-16H,6-11H2,1-3H3,(H3,26,27,28,29,30,31,33);2-11H,1H3,(H2,17,18,19,20,21)/b5-4+;8-7+. The summed E-state index contributed by atoms with van der Waals surface area (Å²) in [5.41, 5.74) is 3.88. The SMILES string of the molecule is COc1cc(/C=C/c2nc(NC(=O)CCN3CCOCC3)cc(Nc3cc(C)[nH]n3)n2)cc(OC)c1.Cc1cc(Nc2ccnc(/C=C/c3ccccc3)n2)n[nH]1. The summed E-state index contributed by atoms with van der Waals surface area (Å²) in [6.07, 6.45) is 9.57. The summed E-state index contributed by atoms with van der Waals surface area (Å²) >= 11 is 0. The molecule has 57 heavy (non-hydrogen) atoms. The third-order valence-corrected chi connectivity index (χ3v) is 8.39. The molecule has 0 bridgehead atoms. The minimum Gasteiger partial charge on any atom is -0.497 e. The Kier molecular flexibility index (Phi) is 14.0. The van der Waals surface area contributed by atoms with Gasteiger partial charge >= 0.3 is 0 Å². The zero-order chi connectivity index (χ0) is 39.8. The number of morpholine rings is 1. The van der Waals surface area contributed by atoms with Gasteiger partial charge in [0.15, 0.2) is 23.3 Å². The lowest BCUT2D eigenvalue weighted by molar-refractivity contribution is -0.116. The maximum absolute atomic E-state index is 12.6. The number of aromatic amines is 2. The van der Waals surface area contributed by atoms with Crippen LogP contribution in [0.25, 0.3) is 24.3 Å². The largest absolute Gasteiger partial charge is 0.497 e. The fourth-order valence-corrected chi connectivity index (χ4v) is 5.54.